The standard InChI is InChI=1S/C15H28N4O2/c1-6-18(7-2)11-9-10-12(4)19-13(5)16-17-14(19)15(20)21-8-3/h12H,6-11H2,1-5H3. The molecular weight excluding hydrogens is 268 g/mol. The Hall–Kier alpha value is -1.43. The quantitative estimate of drug-likeness (QED) is 0.655. The second-order valence-electron chi connectivity index (χ2n) is 5.18. The van der Waals surface area contributed by atoms with E-state index < -0.39 is 5.97 Å². The van der Waals surface area contributed by atoms with E-state index in [1.807, 2.05) is 11.5 Å². The van der Waals surface area contributed by atoms with Gasteiger partial charge in [0.05, 0.1) is 6.61 Å². The molecular formula is C15H28N4O2. The van der Waals surface area contributed by atoms with Crippen molar-refractivity contribution in [3.63, 3.8) is 0 Å². The molecule has 21 heavy (non-hydrogen) atoms. The summed E-state index contributed by atoms with van der Waals surface area (Å²) >= 11 is 0. The van der Waals surface area contributed by atoms with E-state index in [2.05, 4.69) is 35.9 Å². The molecule has 0 N–H and O–H groups in total. The molecule has 0 saturated heterocycles. The minimum Gasteiger partial charge on any atom is -0.460 e. The summed E-state index contributed by atoms with van der Waals surface area (Å²) in [6, 6.07) is 0.190. The highest BCUT2D eigenvalue weighted by Crippen LogP contribution is 2.18. The van der Waals surface area contributed by atoms with Gasteiger partial charge in [0.15, 0.2) is 0 Å². The van der Waals surface area contributed by atoms with Gasteiger partial charge in [0, 0.05) is 6.04 Å². The first-order valence-corrected chi connectivity index (χ1v) is 7.86. The topological polar surface area (TPSA) is 60.2 Å². The van der Waals surface area contributed by atoms with E-state index in [0.29, 0.717) is 12.4 Å². The summed E-state index contributed by atoms with van der Waals surface area (Å²) in [5, 5.41) is 7.98. The van der Waals surface area contributed by atoms with Gasteiger partial charge in [-0.2, -0.15) is 0 Å². The van der Waals surface area contributed by atoms with Crippen LogP contribution in [0.5, 0.6) is 0 Å². The molecule has 0 saturated carbocycles. The second kappa shape index (κ2) is 8.77. The molecule has 0 amide bonds. The molecule has 0 aliphatic rings. The Labute approximate surface area is 127 Å². The zero-order valence-corrected chi connectivity index (χ0v) is 13.9. The van der Waals surface area contributed by atoms with E-state index in [-0.39, 0.29) is 6.04 Å². The van der Waals surface area contributed by atoms with Crippen LogP contribution in [0, 0.1) is 6.92 Å². The lowest BCUT2D eigenvalue weighted by Gasteiger charge is -2.20. The smallest absolute Gasteiger partial charge is 0.376 e. The average molecular weight is 296 g/mol. The molecule has 1 aromatic rings. The van der Waals surface area contributed by atoms with E-state index in [4.69, 9.17) is 4.74 Å². The Morgan fingerprint density at radius 3 is 2.52 bits per heavy atom. The minimum atomic E-state index is -0.395. The van der Waals surface area contributed by atoms with E-state index in [1.54, 1.807) is 6.92 Å². The zero-order chi connectivity index (χ0) is 15.8. The Balaban J connectivity index is 2.67. The molecule has 0 radical (unpaired) electrons. The number of aromatic nitrogens is 3. The maximum Gasteiger partial charge on any atom is 0.376 e. The predicted molar refractivity (Wildman–Crippen MR) is 82.4 cm³/mol. The summed E-state index contributed by atoms with van der Waals surface area (Å²) in [4.78, 5) is 14.3. The number of carbonyl (C=O) groups excluding carboxylic acids is 1. The highest BCUT2D eigenvalue weighted by molar-refractivity contribution is 5.85. The van der Waals surface area contributed by atoms with Gasteiger partial charge in [0.2, 0.25) is 5.82 Å². The van der Waals surface area contributed by atoms with Gasteiger partial charge in [-0.1, -0.05) is 13.8 Å². The lowest BCUT2D eigenvalue weighted by atomic mass is 10.1. The van der Waals surface area contributed by atoms with Crippen LogP contribution in [-0.2, 0) is 4.74 Å². The van der Waals surface area contributed by atoms with E-state index >= 15 is 0 Å². The van der Waals surface area contributed by atoms with Gasteiger partial charge in [0.25, 0.3) is 0 Å². The highest BCUT2D eigenvalue weighted by atomic mass is 16.5. The summed E-state index contributed by atoms with van der Waals surface area (Å²) in [6.45, 7) is 13.7. The molecule has 0 aliphatic heterocycles. The minimum absolute atomic E-state index is 0.190. The van der Waals surface area contributed by atoms with Crippen LogP contribution in [0.4, 0.5) is 0 Å². The van der Waals surface area contributed by atoms with Gasteiger partial charge in [-0.05, 0) is 53.2 Å². The van der Waals surface area contributed by atoms with Crippen molar-refractivity contribution in [2.75, 3.05) is 26.2 Å². The Morgan fingerprint density at radius 1 is 1.29 bits per heavy atom. The van der Waals surface area contributed by atoms with Gasteiger partial charge in [-0.3, -0.25) is 0 Å². The van der Waals surface area contributed by atoms with Gasteiger partial charge in [0.1, 0.15) is 5.82 Å². The number of carbonyl (C=O) groups is 1. The van der Waals surface area contributed by atoms with Crippen molar-refractivity contribution >= 4 is 5.97 Å². The lowest BCUT2D eigenvalue weighted by Crippen LogP contribution is -2.25. The first-order chi connectivity index (χ1) is 10.0. The van der Waals surface area contributed by atoms with Crippen LogP contribution in [0.2, 0.25) is 0 Å². The molecule has 0 aliphatic carbocycles. The summed E-state index contributed by atoms with van der Waals surface area (Å²) in [5.41, 5.74) is 0. The van der Waals surface area contributed by atoms with Crippen LogP contribution in [0.15, 0.2) is 0 Å². The summed E-state index contributed by atoms with van der Waals surface area (Å²) in [5.74, 6) is 0.673. The van der Waals surface area contributed by atoms with E-state index in [0.717, 1.165) is 38.3 Å². The first kappa shape index (κ1) is 17.6. The number of aryl methyl sites for hydroxylation is 1. The zero-order valence-electron chi connectivity index (χ0n) is 13.9. The van der Waals surface area contributed by atoms with Crippen LogP contribution < -0.4 is 0 Å². The molecule has 0 spiro atoms. The Bertz CT molecular complexity index is 441. The number of hydrogen-bond acceptors (Lipinski definition) is 5. The van der Waals surface area contributed by atoms with Gasteiger partial charge in [-0.25, -0.2) is 4.79 Å². The third-order valence-corrected chi connectivity index (χ3v) is 3.76. The van der Waals surface area contributed by atoms with Crippen molar-refractivity contribution in [1.82, 2.24) is 19.7 Å². The lowest BCUT2D eigenvalue weighted by molar-refractivity contribution is 0.0502. The van der Waals surface area contributed by atoms with Crippen molar-refractivity contribution in [2.45, 2.75) is 53.5 Å². The molecule has 6 heteroatoms. The van der Waals surface area contributed by atoms with Crippen LogP contribution >= 0.6 is 0 Å². The molecule has 1 rings (SSSR count). The van der Waals surface area contributed by atoms with Crippen molar-refractivity contribution in [3.8, 4) is 0 Å². The number of hydrogen-bond donors (Lipinski definition) is 0. The fourth-order valence-corrected chi connectivity index (χ4v) is 2.51. The summed E-state index contributed by atoms with van der Waals surface area (Å²) < 4.78 is 6.93. The molecule has 0 fully saturated rings. The fourth-order valence-electron chi connectivity index (χ4n) is 2.51. The first-order valence-electron chi connectivity index (χ1n) is 7.86. The number of ether oxygens (including phenoxy) is 1. The Kier molecular flexibility index (Phi) is 7.36. The molecule has 1 unspecified atom stereocenters. The molecule has 0 bridgehead atoms. The number of esters is 1. The molecule has 120 valence electrons. The van der Waals surface area contributed by atoms with E-state index in [9.17, 15) is 4.79 Å². The molecule has 6 nitrogen and oxygen atoms in total. The average Bonchev–Trinajstić information content (AvgIpc) is 2.85. The fraction of sp³-hybridized carbons (Fsp3) is 0.800. The third-order valence-electron chi connectivity index (χ3n) is 3.76. The van der Waals surface area contributed by atoms with Crippen molar-refractivity contribution in [3.05, 3.63) is 11.6 Å². The maximum absolute atomic E-state index is 11.9. The highest BCUT2D eigenvalue weighted by Gasteiger charge is 2.21. The van der Waals surface area contributed by atoms with Gasteiger partial charge < -0.3 is 14.2 Å². The maximum atomic E-state index is 11.9. The second-order valence-corrected chi connectivity index (χ2v) is 5.18. The van der Waals surface area contributed by atoms with Gasteiger partial charge >= 0.3 is 5.97 Å². The summed E-state index contributed by atoms with van der Waals surface area (Å²) in [6.07, 6.45) is 2.07. The van der Waals surface area contributed by atoms with Gasteiger partial charge in [-0.15, -0.1) is 10.2 Å². The molecule has 1 aromatic heterocycles. The number of rotatable bonds is 9. The normalized spacial score (nSPS) is 12.7. The number of nitrogens with zero attached hydrogens (tertiary/aromatic N) is 4. The van der Waals surface area contributed by atoms with Crippen LogP contribution in [-0.4, -0.2) is 51.9 Å². The molecule has 1 atom stereocenters. The van der Waals surface area contributed by atoms with Crippen LogP contribution in [0.25, 0.3) is 0 Å². The van der Waals surface area contributed by atoms with E-state index in [1.165, 1.54) is 0 Å². The van der Waals surface area contributed by atoms with Crippen LogP contribution in [0.3, 0.4) is 0 Å². The van der Waals surface area contributed by atoms with Crippen molar-refractivity contribution in [2.24, 2.45) is 0 Å². The molecule has 1 heterocycles. The van der Waals surface area contributed by atoms with Crippen molar-refractivity contribution in [1.29, 1.82) is 0 Å². The largest absolute Gasteiger partial charge is 0.460 e. The SMILES string of the molecule is CCOC(=O)c1nnc(C)n1C(C)CCCN(CC)CC. The predicted octanol–water partition coefficient (Wildman–Crippen LogP) is 2.45. The summed E-state index contributed by atoms with van der Waals surface area (Å²) in [7, 11) is 0. The Morgan fingerprint density at radius 2 is 1.95 bits per heavy atom. The van der Waals surface area contributed by atoms with Crippen molar-refractivity contribution < 1.29 is 9.53 Å². The monoisotopic (exact) mass is 296 g/mol. The third kappa shape index (κ3) is 4.81. The molecule has 0 aromatic carbocycles. The van der Waals surface area contributed by atoms with Crippen LogP contribution in [0.1, 0.15) is 63.0 Å².